The summed E-state index contributed by atoms with van der Waals surface area (Å²) in [4.78, 5) is 41.0. The summed E-state index contributed by atoms with van der Waals surface area (Å²) in [5.41, 5.74) is 6.69. The van der Waals surface area contributed by atoms with Gasteiger partial charge in [-0.25, -0.2) is 19.7 Å². The molecule has 3 N–H and O–H groups in total. The number of cyclic esters (lactones) is 1. The molecule has 6 rings (SSSR count). The molecule has 3 atom stereocenters. The van der Waals surface area contributed by atoms with E-state index >= 15 is 0 Å². The lowest BCUT2D eigenvalue weighted by molar-refractivity contribution is 0.0974. The summed E-state index contributed by atoms with van der Waals surface area (Å²) in [5.74, 6) is 0.823. The molecule has 1 unspecified atom stereocenters. The molecule has 0 bridgehead atoms. The Morgan fingerprint density at radius 1 is 1.21 bits per heavy atom. The predicted octanol–water partition coefficient (Wildman–Crippen LogP) is 2.43. The zero-order valence-corrected chi connectivity index (χ0v) is 22.4. The number of nitrogens with one attached hydrogen (secondary N) is 1. The molecule has 38 heavy (non-hydrogen) atoms. The van der Waals surface area contributed by atoms with Gasteiger partial charge in [0.15, 0.2) is 0 Å². The van der Waals surface area contributed by atoms with E-state index < -0.39 is 12.2 Å². The zero-order chi connectivity index (χ0) is 26.4. The number of piperidine rings is 1. The Labute approximate surface area is 228 Å². The number of carbonyl (C=O) groups excluding carboxylic acids is 1. The average Bonchev–Trinajstić information content (AvgIpc) is 3.46. The Hall–Kier alpha value is -2.93. The largest absolute Gasteiger partial charge is 0.442 e. The molecule has 13 heteroatoms. The SMILES string of the molecule is C[C@@H]1OCC2(CCN(c3cnc(Sc4ccc5ncn(CC6CNC(=O)O6)c(=O)c5c4Cl)cn3)CC2)[C@@H]1N. The molecule has 2 aromatic heterocycles. The van der Waals surface area contributed by atoms with Crippen molar-refractivity contribution in [3.8, 4) is 0 Å². The zero-order valence-electron chi connectivity index (χ0n) is 20.8. The highest BCUT2D eigenvalue weighted by Crippen LogP contribution is 2.42. The van der Waals surface area contributed by atoms with Crippen LogP contribution in [0.4, 0.5) is 10.6 Å². The van der Waals surface area contributed by atoms with E-state index in [0.717, 1.165) is 38.4 Å². The van der Waals surface area contributed by atoms with Gasteiger partial charge in [0.25, 0.3) is 5.56 Å². The molecule has 0 aliphatic carbocycles. The van der Waals surface area contributed by atoms with E-state index in [1.54, 1.807) is 18.5 Å². The second-order valence-electron chi connectivity index (χ2n) is 10.1. The van der Waals surface area contributed by atoms with Crippen molar-refractivity contribution in [1.29, 1.82) is 0 Å². The summed E-state index contributed by atoms with van der Waals surface area (Å²) in [5, 5.41) is 3.86. The number of halogens is 1. The Morgan fingerprint density at radius 2 is 2.03 bits per heavy atom. The van der Waals surface area contributed by atoms with Crippen molar-refractivity contribution < 1.29 is 14.3 Å². The van der Waals surface area contributed by atoms with Crippen molar-refractivity contribution in [2.24, 2.45) is 11.1 Å². The van der Waals surface area contributed by atoms with Crippen LogP contribution in [0.5, 0.6) is 0 Å². The second kappa shape index (κ2) is 9.99. The summed E-state index contributed by atoms with van der Waals surface area (Å²) < 4.78 is 12.4. The van der Waals surface area contributed by atoms with Gasteiger partial charge in [-0.3, -0.25) is 9.36 Å². The number of nitrogens with zero attached hydrogens (tertiary/aromatic N) is 5. The second-order valence-corrected chi connectivity index (χ2v) is 11.5. The molecule has 0 saturated carbocycles. The highest BCUT2D eigenvalue weighted by atomic mass is 35.5. The van der Waals surface area contributed by atoms with E-state index in [1.807, 2.05) is 13.0 Å². The number of rotatable bonds is 5. The number of alkyl carbamates (subject to hydrolysis) is 1. The first kappa shape index (κ1) is 25.4. The third-order valence-corrected chi connectivity index (χ3v) is 9.29. The number of hydrogen-bond donors (Lipinski definition) is 2. The molecular weight excluding hydrogens is 530 g/mol. The van der Waals surface area contributed by atoms with Gasteiger partial charge in [-0.1, -0.05) is 23.4 Å². The Kier molecular flexibility index (Phi) is 6.67. The van der Waals surface area contributed by atoms with Crippen LogP contribution >= 0.6 is 23.4 Å². The maximum atomic E-state index is 13.2. The van der Waals surface area contributed by atoms with Crippen molar-refractivity contribution in [3.05, 3.63) is 46.2 Å². The number of ether oxygens (including phenoxy) is 2. The van der Waals surface area contributed by atoms with Crippen LogP contribution in [0.3, 0.4) is 0 Å². The monoisotopic (exact) mass is 557 g/mol. The molecule has 3 aromatic rings. The molecule has 5 heterocycles. The van der Waals surface area contributed by atoms with Crippen LogP contribution < -0.4 is 21.5 Å². The Bertz CT molecular complexity index is 1430. The summed E-state index contributed by atoms with van der Waals surface area (Å²) in [7, 11) is 0. The van der Waals surface area contributed by atoms with Crippen molar-refractivity contribution in [1.82, 2.24) is 24.8 Å². The molecule has 200 valence electrons. The van der Waals surface area contributed by atoms with Gasteiger partial charge in [-0.2, -0.15) is 0 Å². The molecule has 3 aliphatic rings. The topological polar surface area (TPSA) is 137 Å². The van der Waals surface area contributed by atoms with E-state index in [9.17, 15) is 9.59 Å². The number of carbonyl (C=O) groups is 1. The molecule has 0 radical (unpaired) electrons. The first-order chi connectivity index (χ1) is 18.3. The van der Waals surface area contributed by atoms with Gasteiger partial charge >= 0.3 is 6.09 Å². The molecule has 1 amide bonds. The van der Waals surface area contributed by atoms with E-state index in [-0.39, 0.29) is 29.7 Å². The van der Waals surface area contributed by atoms with Crippen LogP contribution in [0.15, 0.2) is 45.6 Å². The van der Waals surface area contributed by atoms with E-state index in [2.05, 4.69) is 25.2 Å². The van der Waals surface area contributed by atoms with Crippen molar-refractivity contribution in [2.45, 2.75) is 54.5 Å². The smallest absolute Gasteiger partial charge is 0.407 e. The van der Waals surface area contributed by atoms with Crippen LogP contribution in [-0.2, 0) is 16.0 Å². The lowest BCUT2D eigenvalue weighted by Gasteiger charge is -2.41. The van der Waals surface area contributed by atoms with Gasteiger partial charge in [0.05, 0.1) is 60.4 Å². The molecular formula is C25H28ClN7O4S. The fourth-order valence-corrected chi connectivity index (χ4v) is 6.56. The number of fused-ring (bicyclic) bond motifs is 1. The molecule has 3 fully saturated rings. The standard InChI is InChI=1S/C25H28ClN7O4S/c1-14-22(27)25(12-36-14)4-6-32(7-5-25)18-9-29-19(10-28-18)38-17-3-2-16-20(21(17)26)23(34)33(13-31-16)11-15-8-30-24(35)37-15/h2-3,9-10,13-15,22H,4-8,11-12,27H2,1H3,(H,30,35)/t14-,15?,22+/m0/s1. The molecule has 11 nitrogen and oxygen atoms in total. The first-order valence-corrected chi connectivity index (χ1v) is 13.8. The van der Waals surface area contributed by atoms with Gasteiger partial charge < -0.3 is 25.4 Å². The van der Waals surface area contributed by atoms with Crippen LogP contribution in [-0.4, -0.2) is 70.1 Å². The predicted molar refractivity (Wildman–Crippen MR) is 143 cm³/mol. The lowest BCUT2D eigenvalue weighted by atomic mass is 9.73. The van der Waals surface area contributed by atoms with Crippen molar-refractivity contribution >= 4 is 46.2 Å². The molecule has 1 aromatic carbocycles. The number of anilines is 1. The van der Waals surface area contributed by atoms with E-state index in [4.69, 9.17) is 26.8 Å². The summed E-state index contributed by atoms with van der Waals surface area (Å²) >= 11 is 8.03. The van der Waals surface area contributed by atoms with Gasteiger partial charge in [0, 0.05) is 29.4 Å². The normalized spacial score (nSPS) is 24.7. The number of hydrogen-bond acceptors (Lipinski definition) is 10. The van der Waals surface area contributed by atoms with Crippen LogP contribution in [0.2, 0.25) is 5.02 Å². The first-order valence-electron chi connectivity index (χ1n) is 12.6. The highest BCUT2D eigenvalue weighted by Gasteiger charge is 2.47. The molecule has 3 aliphatic heterocycles. The third-order valence-electron chi connectivity index (χ3n) is 7.80. The summed E-state index contributed by atoms with van der Waals surface area (Å²) in [6.07, 6.45) is 6.04. The number of aromatic nitrogens is 4. The quantitative estimate of drug-likeness (QED) is 0.481. The molecule has 1 spiro atoms. The van der Waals surface area contributed by atoms with Crippen LogP contribution in [0.1, 0.15) is 19.8 Å². The highest BCUT2D eigenvalue weighted by molar-refractivity contribution is 7.99. The summed E-state index contributed by atoms with van der Waals surface area (Å²) in [6, 6.07) is 3.65. The fourth-order valence-electron chi connectivity index (χ4n) is 5.44. The van der Waals surface area contributed by atoms with E-state index in [0.29, 0.717) is 32.4 Å². The van der Waals surface area contributed by atoms with Crippen molar-refractivity contribution in [3.63, 3.8) is 0 Å². The molecule has 3 saturated heterocycles. The number of nitrogens with two attached hydrogens (primary N) is 1. The van der Waals surface area contributed by atoms with Crippen molar-refractivity contribution in [2.75, 3.05) is 31.1 Å². The van der Waals surface area contributed by atoms with Crippen LogP contribution in [0.25, 0.3) is 10.9 Å². The maximum absolute atomic E-state index is 13.2. The third kappa shape index (κ3) is 4.59. The number of amides is 1. The number of benzene rings is 1. The van der Waals surface area contributed by atoms with Gasteiger partial charge in [0.2, 0.25) is 0 Å². The van der Waals surface area contributed by atoms with Gasteiger partial charge in [0.1, 0.15) is 16.9 Å². The minimum atomic E-state index is -0.493. The Balaban J connectivity index is 1.16. The lowest BCUT2D eigenvalue weighted by Crippen LogP contribution is -2.50. The fraction of sp³-hybridized carbons (Fsp3) is 0.480. The summed E-state index contributed by atoms with van der Waals surface area (Å²) in [6.45, 7) is 5.02. The minimum Gasteiger partial charge on any atom is -0.442 e. The van der Waals surface area contributed by atoms with Gasteiger partial charge in [-0.15, -0.1) is 0 Å². The maximum Gasteiger partial charge on any atom is 0.407 e. The minimum absolute atomic E-state index is 0.0534. The Morgan fingerprint density at radius 3 is 2.68 bits per heavy atom. The average molecular weight is 558 g/mol. The van der Waals surface area contributed by atoms with Gasteiger partial charge in [-0.05, 0) is 31.9 Å². The van der Waals surface area contributed by atoms with Crippen LogP contribution in [0, 0.1) is 5.41 Å². The van der Waals surface area contributed by atoms with E-state index in [1.165, 1.54) is 22.7 Å².